The van der Waals surface area contributed by atoms with Gasteiger partial charge in [-0.05, 0) is 12.3 Å². The molecule has 2 aliphatic rings. The predicted molar refractivity (Wildman–Crippen MR) is 77.7 cm³/mol. The summed E-state index contributed by atoms with van der Waals surface area (Å²) in [6, 6.07) is 1.94. The van der Waals surface area contributed by atoms with Gasteiger partial charge in [-0.1, -0.05) is 12.8 Å². The maximum atomic E-state index is 11.7. The van der Waals surface area contributed by atoms with Crippen molar-refractivity contribution in [1.29, 1.82) is 0 Å². The summed E-state index contributed by atoms with van der Waals surface area (Å²) in [6.45, 7) is 2.92. The minimum absolute atomic E-state index is 0.137. The minimum Gasteiger partial charge on any atom is -0.370 e. The minimum atomic E-state index is 0.137. The Morgan fingerprint density at radius 2 is 2.20 bits per heavy atom. The van der Waals surface area contributed by atoms with Gasteiger partial charge in [-0.25, -0.2) is 9.97 Å². The monoisotopic (exact) mass is 275 g/mol. The van der Waals surface area contributed by atoms with Crippen molar-refractivity contribution in [3.8, 4) is 0 Å². The Morgan fingerprint density at radius 1 is 1.35 bits per heavy atom. The lowest BCUT2D eigenvalue weighted by Crippen LogP contribution is -2.48. The molecule has 108 valence electrons. The zero-order valence-electron chi connectivity index (χ0n) is 11.9. The molecule has 20 heavy (non-hydrogen) atoms. The molecule has 2 fully saturated rings. The smallest absolute Gasteiger partial charge is 0.241 e. The van der Waals surface area contributed by atoms with Gasteiger partial charge >= 0.3 is 0 Å². The Bertz CT molecular complexity index is 488. The number of carbonyl (C=O) groups is 1. The summed E-state index contributed by atoms with van der Waals surface area (Å²) < 4.78 is 0. The van der Waals surface area contributed by atoms with E-state index in [0.29, 0.717) is 6.54 Å². The third kappa shape index (κ3) is 3.18. The summed E-state index contributed by atoms with van der Waals surface area (Å²) in [5, 5.41) is 3.34. The lowest BCUT2D eigenvalue weighted by molar-refractivity contribution is -0.129. The lowest BCUT2D eigenvalue weighted by Gasteiger charge is -2.32. The zero-order valence-corrected chi connectivity index (χ0v) is 11.9. The summed E-state index contributed by atoms with van der Waals surface area (Å²) in [5.74, 6) is 2.73. The zero-order chi connectivity index (χ0) is 13.9. The molecule has 1 amide bonds. The van der Waals surface area contributed by atoms with Crippen LogP contribution in [0.3, 0.4) is 0 Å². The van der Waals surface area contributed by atoms with Crippen molar-refractivity contribution in [2.45, 2.75) is 19.3 Å². The van der Waals surface area contributed by atoms with Crippen molar-refractivity contribution in [3.63, 3.8) is 0 Å². The summed E-state index contributed by atoms with van der Waals surface area (Å²) in [6.07, 6.45) is 5.53. The largest absolute Gasteiger partial charge is 0.370 e. The Kier molecular flexibility index (Phi) is 3.71. The molecule has 1 aromatic rings. The van der Waals surface area contributed by atoms with Crippen LogP contribution in [-0.2, 0) is 4.79 Å². The fourth-order valence-electron chi connectivity index (χ4n) is 2.38. The van der Waals surface area contributed by atoms with Gasteiger partial charge < -0.3 is 15.1 Å². The van der Waals surface area contributed by atoms with E-state index >= 15 is 0 Å². The molecular formula is C14H21N5O. The number of rotatable bonds is 5. The highest BCUT2D eigenvalue weighted by atomic mass is 16.2. The molecule has 0 radical (unpaired) electrons. The molecule has 0 bridgehead atoms. The van der Waals surface area contributed by atoms with E-state index in [1.807, 2.05) is 18.0 Å². The number of nitrogens with zero attached hydrogens (tertiary/aromatic N) is 4. The number of amides is 1. The van der Waals surface area contributed by atoms with Gasteiger partial charge in [0, 0.05) is 32.7 Å². The topological polar surface area (TPSA) is 61.4 Å². The number of hydrogen-bond acceptors (Lipinski definition) is 5. The molecule has 1 saturated carbocycles. The maximum absolute atomic E-state index is 11.7. The van der Waals surface area contributed by atoms with Crippen molar-refractivity contribution in [3.05, 3.63) is 12.4 Å². The molecule has 2 heterocycles. The Hall–Kier alpha value is -1.85. The Morgan fingerprint density at radius 3 is 2.95 bits per heavy atom. The van der Waals surface area contributed by atoms with Crippen molar-refractivity contribution in [2.75, 3.05) is 43.4 Å². The van der Waals surface area contributed by atoms with E-state index < -0.39 is 0 Å². The van der Waals surface area contributed by atoms with Gasteiger partial charge in [-0.3, -0.25) is 4.79 Å². The van der Waals surface area contributed by atoms with Crippen LogP contribution in [0.4, 0.5) is 11.6 Å². The Labute approximate surface area is 119 Å². The summed E-state index contributed by atoms with van der Waals surface area (Å²) in [4.78, 5) is 24.0. The second-order valence-corrected chi connectivity index (χ2v) is 5.66. The highest BCUT2D eigenvalue weighted by Gasteiger charge is 2.22. The molecule has 0 aromatic carbocycles. The van der Waals surface area contributed by atoms with Crippen molar-refractivity contribution >= 4 is 17.5 Å². The average molecular weight is 275 g/mol. The highest BCUT2D eigenvalue weighted by Crippen LogP contribution is 2.32. The van der Waals surface area contributed by atoms with Gasteiger partial charge in [-0.2, -0.15) is 0 Å². The van der Waals surface area contributed by atoms with Crippen LogP contribution >= 0.6 is 0 Å². The van der Waals surface area contributed by atoms with Gasteiger partial charge in [-0.15, -0.1) is 0 Å². The van der Waals surface area contributed by atoms with E-state index in [1.54, 1.807) is 11.2 Å². The molecule has 1 aliphatic heterocycles. The number of hydrogen-bond donors (Lipinski definition) is 1. The van der Waals surface area contributed by atoms with Gasteiger partial charge in [0.1, 0.15) is 18.0 Å². The first-order valence-corrected chi connectivity index (χ1v) is 7.27. The fourth-order valence-corrected chi connectivity index (χ4v) is 2.38. The van der Waals surface area contributed by atoms with Crippen molar-refractivity contribution < 1.29 is 4.79 Å². The third-order valence-corrected chi connectivity index (χ3v) is 3.99. The van der Waals surface area contributed by atoms with Crippen LogP contribution in [0.1, 0.15) is 19.3 Å². The van der Waals surface area contributed by atoms with Gasteiger partial charge in [0.2, 0.25) is 5.91 Å². The maximum Gasteiger partial charge on any atom is 0.241 e. The highest BCUT2D eigenvalue weighted by molar-refractivity contribution is 5.82. The van der Waals surface area contributed by atoms with Crippen LogP contribution < -0.4 is 10.2 Å². The molecule has 0 unspecified atom stereocenters. The fraction of sp³-hybridized carbons (Fsp3) is 0.643. The van der Waals surface area contributed by atoms with E-state index in [4.69, 9.17) is 0 Å². The van der Waals surface area contributed by atoms with Crippen LogP contribution in [-0.4, -0.2) is 54.0 Å². The van der Waals surface area contributed by atoms with Crippen LogP contribution in [0.25, 0.3) is 0 Å². The van der Waals surface area contributed by atoms with Gasteiger partial charge in [0.05, 0.1) is 6.54 Å². The summed E-state index contributed by atoms with van der Waals surface area (Å²) in [5.41, 5.74) is 0. The van der Waals surface area contributed by atoms with E-state index in [1.165, 1.54) is 19.3 Å². The number of aromatic nitrogens is 2. The van der Waals surface area contributed by atoms with Gasteiger partial charge in [0.15, 0.2) is 0 Å². The lowest BCUT2D eigenvalue weighted by atomic mass is 10.3. The van der Waals surface area contributed by atoms with E-state index in [2.05, 4.69) is 15.3 Å². The van der Waals surface area contributed by atoms with Crippen molar-refractivity contribution in [1.82, 2.24) is 14.9 Å². The second-order valence-electron chi connectivity index (χ2n) is 5.66. The van der Waals surface area contributed by atoms with Gasteiger partial charge in [0.25, 0.3) is 0 Å². The van der Waals surface area contributed by atoms with E-state index in [9.17, 15) is 4.79 Å². The van der Waals surface area contributed by atoms with Crippen LogP contribution in [0.2, 0.25) is 0 Å². The summed E-state index contributed by atoms with van der Waals surface area (Å²) >= 11 is 0. The molecule has 6 nitrogen and oxygen atoms in total. The quantitative estimate of drug-likeness (QED) is 0.867. The Balaban J connectivity index is 1.59. The molecule has 1 N–H and O–H groups in total. The molecule has 3 rings (SSSR count). The molecule has 0 atom stereocenters. The number of piperazine rings is 1. The first kappa shape index (κ1) is 13.1. The number of likely N-dealkylation sites (N-methyl/N-ethyl adjacent to an activating group) is 1. The molecular weight excluding hydrogens is 254 g/mol. The van der Waals surface area contributed by atoms with Crippen LogP contribution in [0.15, 0.2) is 12.4 Å². The normalized spacial score (nSPS) is 19.4. The number of nitrogens with one attached hydrogen (secondary N) is 1. The SMILES string of the molecule is CN1CCN(c2cc(NCCC3CC3)ncn2)CC1=O. The molecule has 1 aliphatic carbocycles. The first-order chi connectivity index (χ1) is 9.72. The molecule has 6 heteroatoms. The van der Waals surface area contributed by atoms with E-state index in [0.717, 1.165) is 37.2 Å². The molecule has 1 aromatic heterocycles. The first-order valence-electron chi connectivity index (χ1n) is 7.27. The van der Waals surface area contributed by atoms with Crippen molar-refractivity contribution in [2.24, 2.45) is 5.92 Å². The average Bonchev–Trinajstić information content (AvgIpc) is 3.26. The second kappa shape index (κ2) is 5.64. The van der Waals surface area contributed by atoms with E-state index in [-0.39, 0.29) is 5.91 Å². The third-order valence-electron chi connectivity index (χ3n) is 3.99. The predicted octanol–water partition coefficient (Wildman–Crippen LogP) is 0.967. The molecule has 1 saturated heterocycles. The molecule has 0 spiro atoms. The summed E-state index contributed by atoms with van der Waals surface area (Å²) in [7, 11) is 1.84. The van der Waals surface area contributed by atoms with Crippen LogP contribution in [0.5, 0.6) is 0 Å². The van der Waals surface area contributed by atoms with Crippen LogP contribution in [0, 0.1) is 5.92 Å². The standard InChI is InChI=1S/C14H21N5O/c1-18-6-7-19(9-14(18)20)13-8-12(16-10-17-13)15-5-4-11-2-3-11/h8,10-11H,2-7,9H2,1H3,(H,15,16,17). The number of carbonyl (C=O) groups excluding carboxylic acids is 1. The number of anilines is 2.